The highest BCUT2D eigenvalue weighted by atomic mass is 16.7. The molecule has 3 aromatic carbocycles. The molecule has 4 atom stereocenters. The van der Waals surface area contributed by atoms with Crippen molar-refractivity contribution in [3.63, 3.8) is 0 Å². The first kappa shape index (κ1) is 19.9. The predicted octanol–water partition coefficient (Wildman–Crippen LogP) is 6.37. The molecule has 0 spiro atoms. The van der Waals surface area contributed by atoms with Gasteiger partial charge in [-0.2, -0.15) is 0 Å². The second-order valence-electron chi connectivity index (χ2n) is 9.81. The Morgan fingerprint density at radius 3 is 1.94 bits per heavy atom. The van der Waals surface area contributed by atoms with Gasteiger partial charge in [0.1, 0.15) is 0 Å². The maximum absolute atomic E-state index is 6.73. The van der Waals surface area contributed by atoms with Gasteiger partial charge >= 0.3 is 5.79 Å². The molecule has 2 fully saturated rings. The van der Waals surface area contributed by atoms with E-state index < -0.39 is 5.79 Å². The first-order chi connectivity index (χ1) is 15.7. The molecule has 3 nitrogen and oxygen atoms in total. The van der Waals surface area contributed by atoms with Gasteiger partial charge in [0.15, 0.2) is 11.5 Å². The molecule has 0 radical (unpaired) electrons. The summed E-state index contributed by atoms with van der Waals surface area (Å²) in [6.07, 6.45) is 7.84. The average Bonchev–Trinajstić information content (AvgIpc) is 3.25. The number of hydrogen-bond acceptors (Lipinski definition) is 3. The van der Waals surface area contributed by atoms with Crippen molar-refractivity contribution in [2.75, 3.05) is 0 Å². The molecule has 1 heterocycles. The molecule has 2 N–H and O–H groups in total. The van der Waals surface area contributed by atoms with E-state index in [0.29, 0.717) is 5.92 Å². The van der Waals surface area contributed by atoms with E-state index in [1.165, 1.54) is 37.7 Å². The second-order valence-corrected chi connectivity index (χ2v) is 9.81. The Kier molecular flexibility index (Phi) is 4.95. The van der Waals surface area contributed by atoms with E-state index in [0.717, 1.165) is 40.9 Å². The van der Waals surface area contributed by atoms with Crippen molar-refractivity contribution in [2.45, 2.75) is 56.3 Å². The van der Waals surface area contributed by atoms with Crippen molar-refractivity contribution < 1.29 is 9.47 Å². The summed E-state index contributed by atoms with van der Waals surface area (Å²) in [5.41, 5.74) is 10.00. The van der Waals surface area contributed by atoms with Gasteiger partial charge in [-0.3, -0.25) is 0 Å². The SMILES string of the molecule is NC1CC2CCCCC2C[C@@H]1c1ccc2c(c1)OC(c1ccccc1)(c1ccccc1)O2. The van der Waals surface area contributed by atoms with Crippen molar-refractivity contribution in [1.29, 1.82) is 0 Å². The van der Waals surface area contributed by atoms with Gasteiger partial charge in [-0.15, -0.1) is 0 Å². The molecule has 2 saturated carbocycles. The summed E-state index contributed by atoms with van der Waals surface area (Å²) in [4.78, 5) is 0. The van der Waals surface area contributed by atoms with E-state index in [2.05, 4.69) is 42.5 Å². The number of nitrogens with two attached hydrogens (primary N) is 1. The van der Waals surface area contributed by atoms with Crippen LogP contribution in [-0.2, 0) is 5.79 Å². The molecule has 3 unspecified atom stereocenters. The third-order valence-corrected chi connectivity index (χ3v) is 7.93. The van der Waals surface area contributed by atoms with E-state index in [4.69, 9.17) is 15.2 Å². The zero-order valence-corrected chi connectivity index (χ0v) is 18.5. The van der Waals surface area contributed by atoms with Gasteiger partial charge in [0.05, 0.1) is 0 Å². The number of benzene rings is 3. The van der Waals surface area contributed by atoms with Gasteiger partial charge in [0.2, 0.25) is 0 Å². The van der Waals surface area contributed by atoms with E-state index >= 15 is 0 Å². The normalized spacial score (nSPS) is 28.2. The maximum Gasteiger partial charge on any atom is 0.305 e. The lowest BCUT2D eigenvalue weighted by Gasteiger charge is -2.43. The molecular formula is C29H31NO2. The van der Waals surface area contributed by atoms with Crippen molar-refractivity contribution in [3.8, 4) is 11.5 Å². The van der Waals surface area contributed by atoms with Gasteiger partial charge in [0.25, 0.3) is 0 Å². The van der Waals surface area contributed by atoms with Gasteiger partial charge < -0.3 is 15.2 Å². The summed E-state index contributed by atoms with van der Waals surface area (Å²) in [6, 6.07) is 27.1. The number of rotatable bonds is 3. The van der Waals surface area contributed by atoms with Crippen molar-refractivity contribution in [3.05, 3.63) is 95.6 Å². The summed E-state index contributed by atoms with van der Waals surface area (Å²) in [6.45, 7) is 0. The van der Waals surface area contributed by atoms with E-state index in [1.807, 2.05) is 36.4 Å². The maximum atomic E-state index is 6.73. The summed E-state index contributed by atoms with van der Waals surface area (Å²) in [5, 5.41) is 0. The molecule has 0 saturated heterocycles. The van der Waals surface area contributed by atoms with Crippen molar-refractivity contribution in [2.24, 2.45) is 17.6 Å². The molecule has 3 aromatic rings. The number of hydrogen-bond donors (Lipinski definition) is 1. The fourth-order valence-corrected chi connectivity index (χ4v) is 6.27. The van der Waals surface area contributed by atoms with Gasteiger partial charge in [0, 0.05) is 17.2 Å². The summed E-state index contributed by atoms with van der Waals surface area (Å²) >= 11 is 0. The van der Waals surface area contributed by atoms with Crippen LogP contribution in [0.3, 0.4) is 0 Å². The molecule has 0 bridgehead atoms. The summed E-state index contributed by atoms with van der Waals surface area (Å²) < 4.78 is 13.2. The molecule has 3 aliphatic rings. The summed E-state index contributed by atoms with van der Waals surface area (Å²) in [7, 11) is 0. The van der Waals surface area contributed by atoms with Crippen LogP contribution in [0.2, 0.25) is 0 Å². The molecular weight excluding hydrogens is 394 g/mol. The lowest BCUT2D eigenvalue weighted by atomic mass is 9.64. The third-order valence-electron chi connectivity index (χ3n) is 7.93. The third kappa shape index (κ3) is 3.31. The highest BCUT2D eigenvalue weighted by molar-refractivity contribution is 5.51. The predicted molar refractivity (Wildman–Crippen MR) is 127 cm³/mol. The second kappa shape index (κ2) is 7.97. The Bertz CT molecular complexity index is 1040. The fraction of sp³-hybridized carbons (Fsp3) is 0.379. The minimum Gasteiger partial charge on any atom is -0.440 e. The topological polar surface area (TPSA) is 44.5 Å². The monoisotopic (exact) mass is 425 g/mol. The van der Waals surface area contributed by atoms with Crippen LogP contribution >= 0.6 is 0 Å². The minimum atomic E-state index is -0.966. The fourth-order valence-electron chi connectivity index (χ4n) is 6.27. The molecule has 0 aromatic heterocycles. The molecule has 1 aliphatic heterocycles. The highest BCUT2D eigenvalue weighted by Crippen LogP contribution is 2.51. The first-order valence-electron chi connectivity index (χ1n) is 12.1. The lowest BCUT2D eigenvalue weighted by molar-refractivity contribution is -0.0459. The Labute approximate surface area is 190 Å². The zero-order valence-electron chi connectivity index (χ0n) is 18.5. The Morgan fingerprint density at radius 1 is 0.688 bits per heavy atom. The Balaban J connectivity index is 1.34. The van der Waals surface area contributed by atoms with Crippen LogP contribution in [0.15, 0.2) is 78.9 Å². The van der Waals surface area contributed by atoms with Crippen LogP contribution in [0.5, 0.6) is 11.5 Å². The van der Waals surface area contributed by atoms with Gasteiger partial charge in [-0.25, -0.2) is 0 Å². The minimum absolute atomic E-state index is 0.225. The molecule has 6 rings (SSSR count). The quantitative estimate of drug-likeness (QED) is 0.530. The van der Waals surface area contributed by atoms with Crippen molar-refractivity contribution >= 4 is 0 Å². The van der Waals surface area contributed by atoms with Crippen LogP contribution in [0.1, 0.15) is 61.1 Å². The zero-order chi connectivity index (χ0) is 21.5. The largest absolute Gasteiger partial charge is 0.440 e. The Hall–Kier alpha value is -2.78. The van der Waals surface area contributed by atoms with Gasteiger partial charge in [-0.05, 0) is 48.3 Å². The molecule has 2 aliphatic carbocycles. The van der Waals surface area contributed by atoms with E-state index in [9.17, 15) is 0 Å². The smallest absolute Gasteiger partial charge is 0.305 e. The van der Waals surface area contributed by atoms with Gasteiger partial charge in [-0.1, -0.05) is 92.4 Å². The average molecular weight is 426 g/mol. The van der Waals surface area contributed by atoms with Crippen LogP contribution < -0.4 is 15.2 Å². The lowest BCUT2D eigenvalue weighted by Crippen LogP contribution is -2.40. The van der Waals surface area contributed by atoms with Crippen molar-refractivity contribution in [1.82, 2.24) is 0 Å². The number of fused-ring (bicyclic) bond motifs is 2. The van der Waals surface area contributed by atoms with Crippen LogP contribution in [-0.4, -0.2) is 6.04 Å². The standard InChI is InChI=1S/C29H31NO2/c30-26-18-21-10-8-7-9-20(21)17-25(26)22-15-16-27-28(19-22)32-29(31-27,23-11-3-1-4-12-23)24-13-5-2-6-14-24/h1-6,11-16,19-21,25-26H,7-10,17-18,30H2/t20?,21?,25-,26?/m1/s1. The number of ether oxygens (including phenoxy) is 2. The van der Waals surface area contributed by atoms with Crippen LogP contribution in [0, 0.1) is 11.8 Å². The molecule has 32 heavy (non-hydrogen) atoms. The van der Waals surface area contributed by atoms with E-state index in [1.54, 1.807) is 0 Å². The van der Waals surface area contributed by atoms with Crippen LogP contribution in [0.4, 0.5) is 0 Å². The first-order valence-corrected chi connectivity index (χ1v) is 12.1. The molecule has 164 valence electrons. The molecule has 3 heteroatoms. The van der Waals surface area contributed by atoms with E-state index in [-0.39, 0.29) is 6.04 Å². The highest BCUT2D eigenvalue weighted by Gasteiger charge is 2.46. The van der Waals surface area contributed by atoms with Crippen LogP contribution in [0.25, 0.3) is 0 Å². The Morgan fingerprint density at radius 2 is 1.28 bits per heavy atom. The molecule has 0 amide bonds. The summed E-state index contributed by atoms with van der Waals surface area (Å²) in [5.74, 6) is 2.69.